The fourth-order valence-electron chi connectivity index (χ4n) is 2.98. The molecular formula is C17H31N3O. The van der Waals surface area contributed by atoms with Crippen LogP contribution in [-0.2, 0) is 13.1 Å². The van der Waals surface area contributed by atoms with E-state index in [4.69, 9.17) is 4.42 Å². The SMILES string of the molecule is CN1CCC(CN(C)Cc2ccoc2CNC(C)(C)C)C1. The topological polar surface area (TPSA) is 31.6 Å². The fourth-order valence-corrected chi connectivity index (χ4v) is 2.98. The highest BCUT2D eigenvalue weighted by atomic mass is 16.3. The summed E-state index contributed by atoms with van der Waals surface area (Å²) >= 11 is 0. The molecule has 1 atom stereocenters. The summed E-state index contributed by atoms with van der Waals surface area (Å²) < 4.78 is 5.65. The van der Waals surface area contributed by atoms with E-state index >= 15 is 0 Å². The third-order valence-corrected chi connectivity index (χ3v) is 4.12. The van der Waals surface area contributed by atoms with E-state index in [0.29, 0.717) is 0 Å². The molecule has 1 aromatic rings. The van der Waals surface area contributed by atoms with Crippen molar-refractivity contribution in [2.45, 2.75) is 45.8 Å². The van der Waals surface area contributed by atoms with E-state index in [2.05, 4.69) is 56.0 Å². The third-order valence-electron chi connectivity index (χ3n) is 4.12. The first-order chi connectivity index (χ1) is 9.83. The Bertz CT molecular complexity index is 435. The molecular weight excluding hydrogens is 262 g/mol. The van der Waals surface area contributed by atoms with Gasteiger partial charge in [-0.15, -0.1) is 0 Å². The zero-order valence-corrected chi connectivity index (χ0v) is 14.3. The van der Waals surface area contributed by atoms with Crippen LogP contribution in [0.2, 0.25) is 0 Å². The van der Waals surface area contributed by atoms with Crippen molar-refractivity contribution in [3.63, 3.8) is 0 Å². The van der Waals surface area contributed by atoms with Crippen LogP contribution in [0.4, 0.5) is 0 Å². The molecule has 0 saturated carbocycles. The van der Waals surface area contributed by atoms with Gasteiger partial charge in [0.15, 0.2) is 0 Å². The second-order valence-electron chi connectivity index (χ2n) is 7.59. The van der Waals surface area contributed by atoms with E-state index in [0.717, 1.165) is 24.8 Å². The van der Waals surface area contributed by atoms with Gasteiger partial charge in [-0.3, -0.25) is 0 Å². The maximum atomic E-state index is 5.65. The van der Waals surface area contributed by atoms with Gasteiger partial charge in [0.2, 0.25) is 0 Å². The molecule has 1 aliphatic heterocycles. The Morgan fingerprint density at radius 1 is 1.43 bits per heavy atom. The standard InChI is InChI=1S/C17H31N3O/c1-17(2,3)18-10-16-15(7-9-21-16)13-20(5)12-14-6-8-19(4)11-14/h7,9,14,18H,6,8,10-13H2,1-5H3. The van der Waals surface area contributed by atoms with Gasteiger partial charge in [0.1, 0.15) is 5.76 Å². The minimum Gasteiger partial charge on any atom is -0.468 e. The highest BCUT2D eigenvalue weighted by Crippen LogP contribution is 2.18. The number of furan rings is 1. The Labute approximate surface area is 129 Å². The highest BCUT2D eigenvalue weighted by Gasteiger charge is 2.21. The van der Waals surface area contributed by atoms with Crippen molar-refractivity contribution in [1.29, 1.82) is 0 Å². The molecule has 2 heterocycles. The number of rotatable bonds is 6. The molecule has 1 fully saturated rings. The number of nitrogens with zero attached hydrogens (tertiary/aromatic N) is 2. The van der Waals surface area contributed by atoms with Crippen LogP contribution in [0.1, 0.15) is 38.5 Å². The minimum absolute atomic E-state index is 0.115. The number of nitrogens with one attached hydrogen (secondary N) is 1. The highest BCUT2D eigenvalue weighted by molar-refractivity contribution is 5.17. The van der Waals surface area contributed by atoms with Crippen molar-refractivity contribution >= 4 is 0 Å². The Balaban J connectivity index is 1.83. The number of hydrogen-bond donors (Lipinski definition) is 1. The maximum Gasteiger partial charge on any atom is 0.122 e. The van der Waals surface area contributed by atoms with Crippen molar-refractivity contribution in [2.75, 3.05) is 33.7 Å². The van der Waals surface area contributed by atoms with Gasteiger partial charge < -0.3 is 19.5 Å². The van der Waals surface area contributed by atoms with Gasteiger partial charge in [0.25, 0.3) is 0 Å². The van der Waals surface area contributed by atoms with E-state index in [-0.39, 0.29) is 5.54 Å². The predicted molar refractivity (Wildman–Crippen MR) is 87.2 cm³/mol. The molecule has 1 aromatic heterocycles. The molecule has 0 aromatic carbocycles. The van der Waals surface area contributed by atoms with Gasteiger partial charge in [-0.1, -0.05) is 0 Å². The zero-order valence-electron chi connectivity index (χ0n) is 14.3. The first kappa shape index (κ1) is 16.5. The Kier molecular flexibility index (Phi) is 5.47. The van der Waals surface area contributed by atoms with Crippen LogP contribution in [0.15, 0.2) is 16.7 Å². The molecule has 1 unspecified atom stereocenters. The molecule has 1 aliphatic rings. The largest absolute Gasteiger partial charge is 0.468 e. The van der Waals surface area contributed by atoms with Crippen LogP contribution in [0.3, 0.4) is 0 Å². The minimum atomic E-state index is 0.115. The molecule has 0 bridgehead atoms. The lowest BCUT2D eigenvalue weighted by Crippen LogP contribution is -2.35. The molecule has 0 radical (unpaired) electrons. The molecule has 2 rings (SSSR count). The van der Waals surface area contributed by atoms with E-state index in [1.54, 1.807) is 0 Å². The Morgan fingerprint density at radius 2 is 2.19 bits per heavy atom. The van der Waals surface area contributed by atoms with Crippen molar-refractivity contribution in [3.05, 3.63) is 23.7 Å². The monoisotopic (exact) mass is 293 g/mol. The summed E-state index contributed by atoms with van der Waals surface area (Å²) in [4.78, 5) is 4.85. The average molecular weight is 293 g/mol. The van der Waals surface area contributed by atoms with Gasteiger partial charge in [0.05, 0.1) is 12.8 Å². The summed E-state index contributed by atoms with van der Waals surface area (Å²) in [6.07, 6.45) is 3.14. The van der Waals surface area contributed by atoms with Crippen LogP contribution in [0.5, 0.6) is 0 Å². The summed E-state index contributed by atoms with van der Waals surface area (Å²) in [7, 11) is 4.43. The van der Waals surface area contributed by atoms with Crippen molar-refractivity contribution < 1.29 is 4.42 Å². The first-order valence-electron chi connectivity index (χ1n) is 8.01. The van der Waals surface area contributed by atoms with Crippen LogP contribution >= 0.6 is 0 Å². The summed E-state index contributed by atoms with van der Waals surface area (Å²) in [6.45, 7) is 11.9. The fraction of sp³-hybridized carbons (Fsp3) is 0.765. The third kappa shape index (κ3) is 5.46. The predicted octanol–water partition coefficient (Wildman–Crippen LogP) is 2.55. The normalized spacial score (nSPS) is 20.6. The van der Waals surface area contributed by atoms with E-state index in [1.165, 1.54) is 31.6 Å². The maximum absolute atomic E-state index is 5.65. The Morgan fingerprint density at radius 3 is 2.81 bits per heavy atom. The second kappa shape index (κ2) is 6.95. The van der Waals surface area contributed by atoms with Gasteiger partial charge in [-0.05, 0) is 59.8 Å². The summed E-state index contributed by atoms with van der Waals surface area (Å²) in [5, 5.41) is 3.50. The lowest BCUT2D eigenvalue weighted by Gasteiger charge is -2.22. The quantitative estimate of drug-likeness (QED) is 0.873. The molecule has 120 valence electrons. The van der Waals surface area contributed by atoms with Crippen LogP contribution in [0, 0.1) is 5.92 Å². The van der Waals surface area contributed by atoms with Crippen LogP contribution in [0.25, 0.3) is 0 Å². The summed E-state index contributed by atoms with van der Waals surface area (Å²) in [5.41, 5.74) is 1.42. The van der Waals surface area contributed by atoms with Crippen molar-refractivity contribution in [3.8, 4) is 0 Å². The molecule has 1 N–H and O–H groups in total. The van der Waals surface area contributed by atoms with Crippen LogP contribution < -0.4 is 5.32 Å². The van der Waals surface area contributed by atoms with Gasteiger partial charge in [-0.25, -0.2) is 0 Å². The molecule has 0 amide bonds. The van der Waals surface area contributed by atoms with Gasteiger partial charge in [0, 0.05) is 30.7 Å². The summed E-state index contributed by atoms with van der Waals surface area (Å²) in [6, 6.07) is 2.11. The van der Waals surface area contributed by atoms with Crippen LogP contribution in [-0.4, -0.2) is 49.1 Å². The number of likely N-dealkylation sites (tertiary alicyclic amines) is 1. The Hall–Kier alpha value is -0.840. The molecule has 1 saturated heterocycles. The molecule has 21 heavy (non-hydrogen) atoms. The smallest absolute Gasteiger partial charge is 0.122 e. The second-order valence-corrected chi connectivity index (χ2v) is 7.59. The zero-order chi connectivity index (χ0) is 15.5. The van der Waals surface area contributed by atoms with E-state index < -0.39 is 0 Å². The first-order valence-corrected chi connectivity index (χ1v) is 8.01. The van der Waals surface area contributed by atoms with Gasteiger partial charge >= 0.3 is 0 Å². The summed E-state index contributed by atoms with van der Waals surface area (Å²) in [5.74, 6) is 1.88. The van der Waals surface area contributed by atoms with E-state index in [1.807, 2.05) is 6.26 Å². The molecule has 0 aliphatic carbocycles. The van der Waals surface area contributed by atoms with Crippen molar-refractivity contribution in [2.24, 2.45) is 5.92 Å². The lowest BCUT2D eigenvalue weighted by molar-refractivity contribution is 0.264. The molecule has 4 nitrogen and oxygen atoms in total. The molecule has 4 heteroatoms. The average Bonchev–Trinajstić information content (AvgIpc) is 2.95. The molecule has 0 spiro atoms. The number of hydrogen-bond acceptors (Lipinski definition) is 4. The van der Waals surface area contributed by atoms with E-state index in [9.17, 15) is 0 Å². The van der Waals surface area contributed by atoms with Crippen molar-refractivity contribution in [1.82, 2.24) is 15.1 Å². The lowest BCUT2D eigenvalue weighted by atomic mass is 10.1. The van der Waals surface area contributed by atoms with Gasteiger partial charge in [-0.2, -0.15) is 0 Å².